The van der Waals surface area contributed by atoms with Crippen molar-refractivity contribution in [1.82, 2.24) is 9.88 Å². The van der Waals surface area contributed by atoms with Gasteiger partial charge >= 0.3 is 5.97 Å². The third kappa shape index (κ3) is 4.70. The maximum atomic E-state index is 12.7. The van der Waals surface area contributed by atoms with Crippen LogP contribution in [0.5, 0.6) is 5.75 Å². The van der Waals surface area contributed by atoms with Gasteiger partial charge in [-0.25, -0.2) is 14.8 Å². The minimum absolute atomic E-state index is 0.0411. The molecule has 0 atom stereocenters. The van der Waals surface area contributed by atoms with Gasteiger partial charge in [0, 0.05) is 35.8 Å². The molecule has 2 aliphatic rings. The van der Waals surface area contributed by atoms with Gasteiger partial charge in [-0.2, -0.15) is 0 Å². The number of nitrogens with one attached hydrogen (secondary N) is 1. The second kappa shape index (κ2) is 9.76. The van der Waals surface area contributed by atoms with E-state index in [9.17, 15) is 9.90 Å². The number of aliphatic imine (C=N–C) groups is 1. The van der Waals surface area contributed by atoms with Crippen molar-refractivity contribution in [3.8, 4) is 5.75 Å². The van der Waals surface area contributed by atoms with E-state index in [2.05, 4.69) is 32.3 Å². The van der Waals surface area contributed by atoms with Crippen LogP contribution in [0.3, 0.4) is 0 Å². The first-order valence-electron chi connectivity index (χ1n) is 11.9. The predicted molar refractivity (Wildman–Crippen MR) is 136 cm³/mol. The van der Waals surface area contributed by atoms with E-state index in [1.54, 1.807) is 25.4 Å². The molecule has 0 saturated carbocycles. The molecule has 0 unspecified atom stereocenters. The lowest BCUT2D eigenvalue weighted by atomic mass is 10.1. The number of ether oxygens (including phenoxy) is 1. The van der Waals surface area contributed by atoms with Crippen LogP contribution >= 0.6 is 0 Å². The molecule has 180 valence electrons. The Morgan fingerprint density at radius 3 is 2.89 bits per heavy atom. The minimum atomic E-state index is -0.661. The lowest BCUT2D eigenvalue weighted by Crippen LogP contribution is -2.18. The zero-order valence-corrected chi connectivity index (χ0v) is 19.9. The number of aryl methyl sites for hydroxylation is 1. The highest BCUT2D eigenvalue weighted by Gasteiger charge is 2.27. The number of carbonyl (C=O) groups is 1. The van der Waals surface area contributed by atoms with E-state index in [4.69, 9.17) is 9.15 Å². The summed E-state index contributed by atoms with van der Waals surface area (Å²) < 4.78 is 11.1. The summed E-state index contributed by atoms with van der Waals surface area (Å²) in [6.07, 6.45) is 7.47. The highest BCUT2D eigenvalue weighted by Crippen LogP contribution is 2.39. The molecule has 0 radical (unpaired) electrons. The number of hydrogen-bond donors (Lipinski definition) is 2. The molecule has 2 aromatic heterocycles. The average molecular weight is 473 g/mol. The normalized spacial score (nSPS) is 16.1. The van der Waals surface area contributed by atoms with E-state index in [1.807, 2.05) is 25.1 Å². The number of likely N-dealkylation sites (tertiary alicyclic amines) is 1. The molecule has 35 heavy (non-hydrogen) atoms. The van der Waals surface area contributed by atoms with E-state index in [0.717, 1.165) is 42.0 Å². The second-order valence-corrected chi connectivity index (χ2v) is 8.73. The zero-order valence-electron chi connectivity index (χ0n) is 19.9. The predicted octanol–water partition coefficient (Wildman–Crippen LogP) is 5.46. The van der Waals surface area contributed by atoms with Crippen LogP contribution in [0.15, 0.2) is 45.9 Å². The Labute approximate surface area is 204 Å². The SMILES string of the molecule is CCOC(=O)c1c(Nc2ccc(CN3CCCC3)cc2C)oc(C=C2C=Nc3ncccc32)c1O. The third-order valence-corrected chi connectivity index (χ3v) is 6.24. The summed E-state index contributed by atoms with van der Waals surface area (Å²) in [5.74, 6) is -0.0844. The number of hydrogen-bond acceptors (Lipinski definition) is 8. The number of benzene rings is 1. The Morgan fingerprint density at radius 1 is 1.29 bits per heavy atom. The van der Waals surface area contributed by atoms with Crippen LogP contribution in [0.2, 0.25) is 0 Å². The number of rotatable bonds is 7. The van der Waals surface area contributed by atoms with Crippen molar-refractivity contribution in [3.63, 3.8) is 0 Å². The van der Waals surface area contributed by atoms with Gasteiger partial charge in [0.05, 0.1) is 6.61 Å². The summed E-state index contributed by atoms with van der Waals surface area (Å²) in [6, 6.07) is 9.88. The molecular formula is C27H28N4O4. The molecule has 4 heterocycles. The molecule has 1 aromatic carbocycles. The first kappa shape index (κ1) is 22.9. The number of nitrogens with zero attached hydrogens (tertiary/aromatic N) is 3. The number of anilines is 2. The van der Waals surface area contributed by atoms with Gasteiger partial charge in [0.25, 0.3) is 0 Å². The topological polar surface area (TPSA) is 100 Å². The minimum Gasteiger partial charge on any atom is -0.504 e. The van der Waals surface area contributed by atoms with Crippen LogP contribution in [-0.4, -0.2) is 46.9 Å². The number of esters is 1. The number of furan rings is 1. The fourth-order valence-electron chi connectivity index (χ4n) is 4.49. The third-order valence-electron chi connectivity index (χ3n) is 6.24. The molecule has 0 spiro atoms. The van der Waals surface area contributed by atoms with Gasteiger partial charge in [-0.05, 0) is 75.2 Å². The van der Waals surface area contributed by atoms with Crippen molar-refractivity contribution >= 4 is 41.2 Å². The van der Waals surface area contributed by atoms with Crippen LogP contribution in [0.4, 0.5) is 17.4 Å². The highest BCUT2D eigenvalue weighted by atomic mass is 16.5. The fourth-order valence-corrected chi connectivity index (χ4v) is 4.49. The van der Waals surface area contributed by atoms with Crippen LogP contribution < -0.4 is 5.32 Å². The Hall–Kier alpha value is -3.91. The summed E-state index contributed by atoms with van der Waals surface area (Å²) in [7, 11) is 0. The van der Waals surface area contributed by atoms with Crippen LogP contribution in [0.1, 0.15) is 52.6 Å². The largest absolute Gasteiger partial charge is 0.504 e. The Morgan fingerprint density at radius 2 is 2.11 bits per heavy atom. The van der Waals surface area contributed by atoms with Gasteiger partial charge in [0.2, 0.25) is 5.88 Å². The molecule has 0 amide bonds. The average Bonchev–Trinajstić information content (AvgIpc) is 3.57. The number of pyridine rings is 1. The van der Waals surface area contributed by atoms with E-state index >= 15 is 0 Å². The number of aromatic hydroxyl groups is 1. The molecule has 1 saturated heterocycles. The summed E-state index contributed by atoms with van der Waals surface area (Å²) in [5, 5.41) is 14.1. The van der Waals surface area contributed by atoms with Gasteiger partial charge in [0.1, 0.15) is 0 Å². The van der Waals surface area contributed by atoms with Crippen molar-refractivity contribution < 1.29 is 19.1 Å². The summed E-state index contributed by atoms with van der Waals surface area (Å²) in [6.45, 7) is 7.09. The maximum Gasteiger partial charge on any atom is 0.347 e. The van der Waals surface area contributed by atoms with Crippen LogP contribution in [-0.2, 0) is 11.3 Å². The highest BCUT2D eigenvalue weighted by molar-refractivity contribution is 6.21. The van der Waals surface area contributed by atoms with Crippen LogP contribution in [0, 0.1) is 6.92 Å². The Balaban J connectivity index is 1.46. The molecule has 0 bridgehead atoms. The van der Waals surface area contributed by atoms with Crippen molar-refractivity contribution in [2.45, 2.75) is 33.2 Å². The second-order valence-electron chi connectivity index (χ2n) is 8.73. The Bertz CT molecular complexity index is 1320. The first-order chi connectivity index (χ1) is 17.0. The van der Waals surface area contributed by atoms with Gasteiger partial charge < -0.3 is 19.6 Å². The van der Waals surface area contributed by atoms with Gasteiger partial charge in [-0.3, -0.25) is 4.90 Å². The van der Waals surface area contributed by atoms with Crippen molar-refractivity contribution in [2.24, 2.45) is 4.99 Å². The van der Waals surface area contributed by atoms with E-state index in [1.165, 1.54) is 18.4 Å². The van der Waals surface area contributed by atoms with E-state index in [-0.39, 0.29) is 29.6 Å². The quantitative estimate of drug-likeness (QED) is 0.440. The molecule has 8 nitrogen and oxygen atoms in total. The standard InChI is InChI=1S/C27H28N4O4/c1-3-34-27(33)23-24(32)22(14-19-15-29-25-20(19)7-6-10-28-25)35-26(23)30-21-9-8-18(13-17(21)2)16-31-11-4-5-12-31/h6-10,13-15,30,32H,3-5,11-12,16H2,1-2H3. The fraction of sp³-hybridized carbons (Fsp3) is 0.296. The molecule has 2 N–H and O–H groups in total. The molecule has 2 aliphatic heterocycles. The lowest BCUT2D eigenvalue weighted by molar-refractivity contribution is 0.0524. The Kier molecular flexibility index (Phi) is 6.37. The molecule has 1 fully saturated rings. The molecule has 3 aromatic rings. The molecule has 8 heteroatoms. The molecular weight excluding hydrogens is 444 g/mol. The molecule has 5 rings (SSSR count). The van der Waals surface area contributed by atoms with Gasteiger partial charge in [0.15, 0.2) is 22.9 Å². The van der Waals surface area contributed by atoms with Crippen molar-refractivity contribution in [2.75, 3.05) is 25.0 Å². The van der Waals surface area contributed by atoms with Gasteiger partial charge in [-0.15, -0.1) is 0 Å². The van der Waals surface area contributed by atoms with Gasteiger partial charge in [-0.1, -0.05) is 12.1 Å². The lowest BCUT2D eigenvalue weighted by Gasteiger charge is -2.16. The summed E-state index contributed by atoms with van der Waals surface area (Å²) in [4.78, 5) is 23.7. The first-order valence-corrected chi connectivity index (χ1v) is 11.9. The number of carbonyl (C=O) groups excluding carboxylic acids is 1. The summed E-state index contributed by atoms with van der Waals surface area (Å²) in [5.41, 5.74) is 4.53. The zero-order chi connectivity index (χ0) is 24.4. The number of allylic oxidation sites excluding steroid dienone is 1. The van der Waals surface area contributed by atoms with E-state index in [0.29, 0.717) is 5.82 Å². The van der Waals surface area contributed by atoms with E-state index < -0.39 is 5.97 Å². The number of fused-ring (bicyclic) bond motifs is 1. The van der Waals surface area contributed by atoms with Crippen LogP contribution in [0.25, 0.3) is 11.6 Å². The molecule has 0 aliphatic carbocycles. The number of aromatic nitrogens is 1. The monoisotopic (exact) mass is 472 g/mol. The van der Waals surface area contributed by atoms with Crippen molar-refractivity contribution in [3.05, 3.63) is 64.5 Å². The van der Waals surface area contributed by atoms with Crippen molar-refractivity contribution in [1.29, 1.82) is 0 Å². The smallest absolute Gasteiger partial charge is 0.347 e. The summed E-state index contributed by atoms with van der Waals surface area (Å²) >= 11 is 0. The maximum absolute atomic E-state index is 12.7.